The molecule has 0 atom stereocenters. The van der Waals surface area contributed by atoms with Gasteiger partial charge >= 0.3 is 0 Å². The molecule has 1 fully saturated rings. The molecule has 0 radical (unpaired) electrons. The maximum Gasteiger partial charge on any atom is 0.236 e. The van der Waals surface area contributed by atoms with E-state index in [2.05, 4.69) is 47.3 Å². The van der Waals surface area contributed by atoms with Crippen molar-refractivity contribution in [2.24, 2.45) is 5.92 Å². The smallest absolute Gasteiger partial charge is 0.236 e. The largest absolute Gasteiger partial charge is 0.342 e. The number of rotatable bonds is 53. The van der Waals surface area contributed by atoms with Crippen LogP contribution in [0.15, 0.2) is 0 Å². The van der Waals surface area contributed by atoms with Crippen LogP contribution in [0.25, 0.3) is 0 Å². The summed E-state index contributed by atoms with van der Waals surface area (Å²) >= 11 is 0. The van der Waals surface area contributed by atoms with E-state index in [-0.39, 0.29) is 0 Å². The lowest BCUT2D eigenvalue weighted by Crippen LogP contribution is -2.46. The van der Waals surface area contributed by atoms with Gasteiger partial charge in [0.2, 0.25) is 5.91 Å². The predicted octanol–water partition coefficient (Wildman–Crippen LogP) is 17.0. The Kier molecular flexibility index (Phi) is 48.1. The van der Waals surface area contributed by atoms with Crippen molar-refractivity contribution in [2.75, 3.05) is 72.0 Å². The summed E-state index contributed by atoms with van der Waals surface area (Å²) in [7, 11) is 0. The van der Waals surface area contributed by atoms with E-state index in [4.69, 9.17) is 0 Å². The number of hydrogen-bond acceptors (Lipinski definition) is 5. The highest BCUT2D eigenvalue weighted by atomic mass is 16.2. The van der Waals surface area contributed by atoms with Gasteiger partial charge in [0.05, 0.1) is 6.54 Å². The van der Waals surface area contributed by atoms with Crippen LogP contribution in [0.1, 0.15) is 297 Å². The van der Waals surface area contributed by atoms with Crippen LogP contribution in [0.3, 0.4) is 0 Å². The van der Waals surface area contributed by atoms with Crippen LogP contribution in [0.2, 0.25) is 0 Å². The molecule has 0 unspecified atom stereocenters. The van der Waals surface area contributed by atoms with E-state index in [1.54, 1.807) is 0 Å². The quantitative estimate of drug-likeness (QED) is 0.0449. The first-order valence-corrected chi connectivity index (χ1v) is 30.5. The van der Waals surface area contributed by atoms with Crippen LogP contribution in [0, 0.1) is 5.92 Å². The monoisotopic (exact) mass is 929 g/mol. The van der Waals surface area contributed by atoms with Crippen molar-refractivity contribution in [2.45, 2.75) is 297 Å². The molecule has 1 heterocycles. The average molecular weight is 930 g/mol. The van der Waals surface area contributed by atoms with E-state index in [0.29, 0.717) is 12.5 Å². The van der Waals surface area contributed by atoms with Gasteiger partial charge in [-0.05, 0) is 103 Å². The fourth-order valence-electron chi connectivity index (χ4n) is 10.5. The fourth-order valence-corrected chi connectivity index (χ4v) is 10.5. The zero-order valence-corrected chi connectivity index (χ0v) is 45.7. The molecule has 6 nitrogen and oxygen atoms in total. The molecule has 6 heteroatoms. The summed E-state index contributed by atoms with van der Waals surface area (Å²) in [5.41, 5.74) is 0. The zero-order chi connectivity index (χ0) is 47.6. The van der Waals surface area contributed by atoms with Gasteiger partial charge in [-0.3, -0.25) is 9.69 Å². The Morgan fingerprint density at radius 1 is 0.379 bits per heavy atom. The van der Waals surface area contributed by atoms with Crippen molar-refractivity contribution in [3.63, 3.8) is 0 Å². The second kappa shape index (κ2) is 50.4. The van der Waals surface area contributed by atoms with E-state index in [0.717, 1.165) is 57.8 Å². The number of hydrogen-bond donors (Lipinski definition) is 0. The molecule has 1 saturated heterocycles. The first-order chi connectivity index (χ1) is 32.6. The maximum atomic E-state index is 14.0. The minimum Gasteiger partial charge on any atom is -0.342 e. The van der Waals surface area contributed by atoms with Crippen LogP contribution in [0.4, 0.5) is 0 Å². The van der Waals surface area contributed by atoms with E-state index in [1.807, 2.05) is 0 Å². The molecule has 1 aliphatic rings. The lowest BCUT2D eigenvalue weighted by Gasteiger charge is -2.35. The molecule has 392 valence electrons. The number of likely N-dealkylation sites (tertiary alicyclic amines) is 1. The number of piperidine rings is 1. The van der Waals surface area contributed by atoms with Gasteiger partial charge in [-0.2, -0.15) is 0 Å². The number of aldehydes is 1. The molecule has 1 rings (SSSR count). The molecule has 0 aromatic carbocycles. The summed E-state index contributed by atoms with van der Waals surface area (Å²) in [6, 6.07) is 0. The first-order valence-electron chi connectivity index (χ1n) is 30.5. The standard InChI is InChI=1S/C60H120N4O2/c1-5-9-13-17-21-22-23-24-25-29-34-38-47-61(48-39-35-30-31-37-43-57-65)52-44-59-45-53-64(54-46-59)60(66)58-63(51-42-36-28-20-16-12-8-4)56-55-62(49-40-32-26-18-14-10-6-2)50-41-33-27-19-15-11-7-3/h57,59H,5-56,58H2,1-4H3. The van der Waals surface area contributed by atoms with Crippen molar-refractivity contribution in [3.8, 4) is 0 Å². The first kappa shape index (κ1) is 63.0. The van der Waals surface area contributed by atoms with Crippen molar-refractivity contribution in [1.29, 1.82) is 0 Å². The second-order valence-electron chi connectivity index (χ2n) is 21.5. The minimum atomic E-state index is 0.392. The molecule has 0 aliphatic carbocycles. The molecule has 0 aromatic rings. The number of unbranched alkanes of at least 4 members (excludes halogenated alkanes) is 34. The average Bonchev–Trinajstić information content (AvgIpc) is 3.33. The van der Waals surface area contributed by atoms with Crippen molar-refractivity contribution < 1.29 is 9.59 Å². The number of nitrogens with zero attached hydrogens (tertiary/aromatic N) is 4. The Morgan fingerprint density at radius 3 is 1.02 bits per heavy atom. The second-order valence-corrected chi connectivity index (χ2v) is 21.5. The minimum absolute atomic E-state index is 0.392. The summed E-state index contributed by atoms with van der Waals surface area (Å²) in [5, 5.41) is 0. The summed E-state index contributed by atoms with van der Waals surface area (Å²) in [4.78, 5) is 35.2. The summed E-state index contributed by atoms with van der Waals surface area (Å²) < 4.78 is 0. The predicted molar refractivity (Wildman–Crippen MR) is 292 cm³/mol. The van der Waals surface area contributed by atoms with Crippen LogP contribution in [-0.2, 0) is 9.59 Å². The molecule has 1 amide bonds. The third-order valence-electron chi connectivity index (χ3n) is 15.3. The summed E-state index contributed by atoms with van der Waals surface area (Å²) in [6.45, 7) is 21.2. The van der Waals surface area contributed by atoms with E-state index >= 15 is 0 Å². The van der Waals surface area contributed by atoms with Gasteiger partial charge in [0, 0.05) is 32.6 Å². The van der Waals surface area contributed by atoms with E-state index in [9.17, 15) is 9.59 Å². The van der Waals surface area contributed by atoms with Crippen LogP contribution < -0.4 is 0 Å². The molecular weight excluding hydrogens is 809 g/mol. The molecule has 66 heavy (non-hydrogen) atoms. The van der Waals surface area contributed by atoms with E-state index < -0.39 is 0 Å². The molecule has 0 saturated carbocycles. The molecule has 0 bridgehead atoms. The van der Waals surface area contributed by atoms with Crippen LogP contribution in [-0.4, -0.2) is 104 Å². The van der Waals surface area contributed by atoms with Crippen molar-refractivity contribution in [3.05, 3.63) is 0 Å². The van der Waals surface area contributed by atoms with Gasteiger partial charge in [-0.1, -0.05) is 233 Å². The maximum absolute atomic E-state index is 14.0. The van der Waals surface area contributed by atoms with Gasteiger partial charge in [0.25, 0.3) is 0 Å². The van der Waals surface area contributed by atoms with Gasteiger partial charge in [0.1, 0.15) is 6.29 Å². The Balaban J connectivity index is 2.68. The summed E-state index contributed by atoms with van der Waals surface area (Å²) in [5.74, 6) is 1.14. The number of carbonyl (C=O) groups is 2. The Hall–Kier alpha value is -0.980. The lowest BCUT2D eigenvalue weighted by molar-refractivity contribution is -0.134. The highest BCUT2D eigenvalue weighted by Gasteiger charge is 2.25. The number of amides is 1. The van der Waals surface area contributed by atoms with Crippen LogP contribution in [0.5, 0.6) is 0 Å². The number of carbonyl (C=O) groups excluding carboxylic acids is 2. The molecular formula is C60H120N4O2. The molecule has 0 aromatic heterocycles. The van der Waals surface area contributed by atoms with Gasteiger partial charge in [0.15, 0.2) is 0 Å². The van der Waals surface area contributed by atoms with E-state index in [1.165, 1.54) is 290 Å². The third kappa shape index (κ3) is 40.9. The third-order valence-corrected chi connectivity index (χ3v) is 15.3. The van der Waals surface area contributed by atoms with Crippen LogP contribution >= 0.6 is 0 Å². The Bertz CT molecular complexity index is 968. The SMILES string of the molecule is CCCCCCCCCCCCCCN(CCCCCCCC=O)CCC1CCN(C(=O)CN(CCCCCCCCC)CCN(CCCCCCCCC)CCCCCCCCC)CC1. The molecule has 0 N–H and O–H groups in total. The molecule has 0 spiro atoms. The Labute approximate surface area is 415 Å². The topological polar surface area (TPSA) is 47.1 Å². The highest BCUT2D eigenvalue weighted by molar-refractivity contribution is 5.78. The zero-order valence-electron chi connectivity index (χ0n) is 45.7. The lowest BCUT2D eigenvalue weighted by atomic mass is 9.93. The van der Waals surface area contributed by atoms with Gasteiger partial charge in [-0.15, -0.1) is 0 Å². The highest BCUT2D eigenvalue weighted by Crippen LogP contribution is 2.22. The van der Waals surface area contributed by atoms with Crippen molar-refractivity contribution >= 4 is 12.2 Å². The normalized spacial score (nSPS) is 13.6. The molecule has 1 aliphatic heterocycles. The van der Waals surface area contributed by atoms with Crippen molar-refractivity contribution in [1.82, 2.24) is 19.6 Å². The van der Waals surface area contributed by atoms with Gasteiger partial charge in [-0.25, -0.2) is 0 Å². The Morgan fingerprint density at radius 2 is 0.667 bits per heavy atom. The summed E-state index contributed by atoms with van der Waals surface area (Å²) in [6.07, 6.45) is 57.0. The van der Waals surface area contributed by atoms with Gasteiger partial charge < -0.3 is 19.5 Å². The fraction of sp³-hybridized carbons (Fsp3) is 0.967.